The Morgan fingerprint density at radius 1 is 1.20 bits per heavy atom. The van der Waals surface area contributed by atoms with Crippen molar-refractivity contribution in [2.45, 2.75) is 0 Å². The van der Waals surface area contributed by atoms with E-state index in [9.17, 15) is 4.91 Å². The van der Waals surface area contributed by atoms with Crippen molar-refractivity contribution in [2.24, 2.45) is 5.34 Å². The highest BCUT2D eigenvalue weighted by molar-refractivity contribution is 5.19. The first-order chi connectivity index (χ1) is 4.93. The van der Waals surface area contributed by atoms with Crippen LogP contribution in [-0.4, -0.2) is 0 Å². The summed E-state index contributed by atoms with van der Waals surface area (Å²) in [6, 6.07) is 8.62. The molecule has 0 saturated heterocycles. The van der Waals surface area contributed by atoms with Crippen LogP contribution in [0.2, 0.25) is 0 Å². The molecule has 0 aliphatic carbocycles. The molecule has 0 amide bonds. The van der Waals surface area contributed by atoms with Gasteiger partial charge in [0.25, 0.3) is 0 Å². The highest BCUT2D eigenvalue weighted by atomic mass is 17.3. The summed E-state index contributed by atoms with van der Waals surface area (Å²) < 4.78 is 0. The SMILES string of the molecule is O=NOOc1ccccc1. The van der Waals surface area contributed by atoms with E-state index in [4.69, 9.17) is 0 Å². The molecule has 0 fully saturated rings. The minimum absolute atomic E-state index is 0.446. The van der Waals surface area contributed by atoms with E-state index < -0.39 is 0 Å². The zero-order chi connectivity index (χ0) is 7.23. The van der Waals surface area contributed by atoms with E-state index in [-0.39, 0.29) is 0 Å². The van der Waals surface area contributed by atoms with E-state index in [0.717, 1.165) is 0 Å². The van der Waals surface area contributed by atoms with Crippen molar-refractivity contribution < 1.29 is 9.88 Å². The predicted octanol–water partition coefficient (Wildman–Crippen LogP) is 1.68. The zero-order valence-electron chi connectivity index (χ0n) is 5.06. The van der Waals surface area contributed by atoms with Gasteiger partial charge in [0.1, 0.15) is 0 Å². The van der Waals surface area contributed by atoms with Gasteiger partial charge in [-0.25, -0.2) is 0 Å². The third-order valence-corrected chi connectivity index (χ3v) is 0.907. The second-order valence-corrected chi connectivity index (χ2v) is 1.55. The lowest BCUT2D eigenvalue weighted by molar-refractivity contribution is -0.209. The molecule has 0 atom stereocenters. The van der Waals surface area contributed by atoms with Crippen LogP contribution in [0, 0.1) is 4.91 Å². The molecule has 4 nitrogen and oxygen atoms in total. The van der Waals surface area contributed by atoms with Gasteiger partial charge in [-0.05, 0) is 12.1 Å². The minimum atomic E-state index is 0.446. The molecule has 1 rings (SSSR count). The molecule has 0 aromatic heterocycles. The quantitative estimate of drug-likeness (QED) is 0.363. The Labute approximate surface area is 57.2 Å². The summed E-state index contributed by atoms with van der Waals surface area (Å²) in [6.45, 7) is 0. The lowest BCUT2D eigenvalue weighted by Gasteiger charge is -1.94. The molecule has 4 heteroatoms. The molecule has 0 saturated carbocycles. The van der Waals surface area contributed by atoms with Crippen molar-refractivity contribution in [3.8, 4) is 5.75 Å². The second-order valence-electron chi connectivity index (χ2n) is 1.55. The van der Waals surface area contributed by atoms with Gasteiger partial charge in [0, 0.05) is 0 Å². The van der Waals surface area contributed by atoms with Gasteiger partial charge in [-0.2, -0.15) is 0 Å². The van der Waals surface area contributed by atoms with E-state index in [2.05, 4.69) is 15.2 Å². The summed E-state index contributed by atoms with van der Waals surface area (Å²) >= 11 is 0. The highest BCUT2D eigenvalue weighted by Crippen LogP contribution is 2.07. The second kappa shape index (κ2) is 3.45. The average molecular weight is 139 g/mol. The Morgan fingerprint density at radius 3 is 2.50 bits per heavy atom. The van der Waals surface area contributed by atoms with Crippen LogP contribution in [0.3, 0.4) is 0 Å². The van der Waals surface area contributed by atoms with Gasteiger partial charge >= 0.3 is 0 Å². The van der Waals surface area contributed by atoms with Crippen molar-refractivity contribution in [3.05, 3.63) is 35.2 Å². The van der Waals surface area contributed by atoms with E-state index >= 15 is 0 Å². The van der Waals surface area contributed by atoms with Gasteiger partial charge in [0.05, 0.1) is 0 Å². The maximum atomic E-state index is 9.38. The maximum Gasteiger partial charge on any atom is 0.202 e. The summed E-state index contributed by atoms with van der Waals surface area (Å²) in [5.41, 5.74) is 0. The van der Waals surface area contributed by atoms with Crippen LogP contribution in [0.5, 0.6) is 5.75 Å². The van der Waals surface area contributed by atoms with Crippen LogP contribution in [0.25, 0.3) is 0 Å². The Hall–Kier alpha value is -1.58. The minimum Gasteiger partial charge on any atom is -0.265 e. The van der Waals surface area contributed by atoms with Gasteiger partial charge < -0.3 is 0 Å². The third kappa shape index (κ3) is 1.74. The Morgan fingerprint density at radius 2 is 1.90 bits per heavy atom. The Balaban J connectivity index is 2.50. The molecule has 1 aromatic carbocycles. The molecule has 0 aliphatic heterocycles. The van der Waals surface area contributed by atoms with Gasteiger partial charge in [0.2, 0.25) is 5.34 Å². The van der Waals surface area contributed by atoms with Crippen LogP contribution in [0.1, 0.15) is 0 Å². The molecule has 0 aliphatic rings. The summed E-state index contributed by atoms with van der Waals surface area (Å²) in [4.78, 5) is 17.5. The molecule has 0 bridgehead atoms. The number of hydrogen-bond acceptors (Lipinski definition) is 4. The van der Waals surface area contributed by atoms with Crippen LogP contribution >= 0.6 is 0 Å². The lowest BCUT2D eigenvalue weighted by Crippen LogP contribution is -1.87. The number of benzene rings is 1. The van der Waals surface area contributed by atoms with Crippen LogP contribution in [0.4, 0.5) is 0 Å². The smallest absolute Gasteiger partial charge is 0.202 e. The van der Waals surface area contributed by atoms with E-state index in [0.29, 0.717) is 5.75 Å². The molecule has 0 radical (unpaired) electrons. The number of para-hydroxylation sites is 1. The van der Waals surface area contributed by atoms with E-state index in [1.807, 2.05) is 6.07 Å². The first kappa shape index (κ1) is 6.54. The zero-order valence-corrected chi connectivity index (χ0v) is 5.06. The van der Waals surface area contributed by atoms with Crippen LogP contribution in [0.15, 0.2) is 35.7 Å². The molecule has 0 N–H and O–H groups in total. The lowest BCUT2D eigenvalue weighted by atomic mass is 10.3. The Bertz CT molecular complexity index is 199. The number of nitrogens with zero attached hydrogens (tertiary/aromatic N) is 1. The highest BCUT2D eigenvalue weighted by Gasteiger charge is 1.89. The summed E-state index contributed by atoms with van der Waals surface area (Å²) in [6.07, 6.45) is 0. The van der Waals surface area contributed by atoms with Crippen molar-refractivity contribution in [1.82, 2.24) is 0 Å². The summed E-state index contributed by atoms with van der Waals surface area (Å²) in [7, 11) is 0. The first-order valence-corrected chi connectivity index (χ1v) is 2.65. The fourth-order valence-electron chi connectivity index (χ4n) is 0.534. The summed E-state index contributed by atoms with van der Waals surface area (Å²) in [5, 5.41) is 2.06. The normalized spacial score (nSPS) is 8.40. The molecule has 0 heterocycles. The van der Waals surface area contributed by atoms with Crippen molar-refractivity contribution in [2.75, 3.05) is 0 Å². The molecule has 10 heavy (non-hydrogen) atoms. The monoisotopic (exact) mass is 139 g/mol. The largest absolute Gasteiger partial charge is 0.265 e. The van der Waals surface area contributed by atoms with Crippen LogP contribution < -0.4 is 4.89 Å². The third-order valence-electron chi connectivity index (χ3n) is 0.907. The van der Waals surface area contributed by atoms with E-state index in [1.165, 1.54) is 0 Å². The molecular weight excluding hydrogens is 134 g/mol. The van der Waals surface area contributed by atoms with Crippen molar-refractivity contribution >= 4 is 0 Å². The van der Waals surface area contributed by atoms with Gasteiger partial charge in [0.15, 0.2) is 5.75 Å². The van der Waals surface area contributed by atoms with Gasteiger partial charge in [-0.1, -0.05) is 18.2 Å². The maximum absolute atomic E-state index is 9.38. The van der Waals surface area contributed by atoms with Crippen molar-refractivity contribution in [3.63, 3.8) is 0 Å². The molecular formula is C6H5NO3. The fourth-order valence-corrected chi connectivity index (χ4v) is 0.534. The van der Waals surface area contributed by atoms with Crippen molar-refractivity contribution in [1.29, 1.82) is 0 Å². The predicted molar refractivity (Wildman–Crippen MR) is 34.0 cm³/mol. The molecule has 1 aromatic rings. The average Bonchev–Trinajstić information content (AvgIpc) is 2.03. The fraction of sp³-hybridized carbons (Fsp3) is 0. The van der Waals surface area contributed by atoms with Crippen LogP contribution in [-0.2, 0) is 4.99 Å². The Kier molecular flexibility index (Phi) is 2.25. The topological polar surface area (TPSA) is 47.9 Å². The first-order valence-electron chi connectivity index (χ1n) is 2.65. The number of hydrogen-bond donors (Lipinski definition) is 0. The van der Waals surface area contributed by atoms with Gasteiger partial charge in [-0.15, -0.1) is 9.90 Å². The molecule has 0 unspecified atom stereocenters. The standard InChI is InChI=1S/C6H5NO3/c8-7-10-9-6-4-2-1-3-5-6/h1-5H. The van der Waals surface area contributed by atoms with E-state index in [1.54, 1.807) is 24.3 Å². The van der Waals surface area contributed by atoms with Gasteiger partial charge in [-0.3, -0.25) is 4.89 Å². The summed E-state index contributed by atoms with van der Waals surface area (Å²) in [5.74, 6) is 0.446. The molecule has 0 spiro atoms. The molecule has 52 valence electrons. The number of rotatable bonds is 3.